The number of amides is 3. The maximum absolute atomic E-state index is 11.9. The van der Waals surface area contributed by atoms with Gasteiger partial charge in [0.05, 0.1) is 12.5 Å². The van der Waals surface area contributed by atoms with Gasteiger partial charge in [0.25, 0.3) is 0 Å². The van der Waals surface area contributed by atoms with E-state index in [1.54, 1.807) is 0 Å². The molecule has 1 fully saturated rings. The summed E-state index contributed by atoms with van der Waals surface area (Å²) in [6, 6.07) is 8.83. The van der Waals surface area contributed by atoms with Crippen molar-refractivity contribution in [1.29, 1.82) is 0 Å². The molecule has 6 nitrogen and oxygen atoms in total. The third-order valence-corrected chi connectivity index (χ3v) is 3.24. The highest BCUT2D eigenvalue weighted by Gasteiger charge is 2.29. The van der Waals surface area contributed by atoms with Crippen molar-refractivity contribution in [3.63, 3.8) is 0 Å². The first-order chi connectivity index (χ1) is 10.1. The van der Waals surface area contributed by atoms with Crippen LogP contribution in [0.1, 0.15) is 37.8 Å². The van der Waals surface area contributed by atoms with Crippen LogP contribution in [0.15, 0.2) is 30.3 Å². The van der Waals surface area contributed by atoms with Crippen molar-refractivity contribution < 1.29 is 14.4 Å². The van der Waals surface area contributed by atoms with Gasteiger partial charge in [0.15, 0.2) is 0 Å². The largest absolute Gasteiger partial charge is 0.349 e. The standard InChI is InChI=1S/C15H19N3O3/c1-10(19)16-13(11-5-3-2-4-6-11)9-14(20)17-18-15(21)12-7-8-12/h2-6,12-13H,7-9H2,1H3,(H,16,19)(H,17,20)(H,18,21). The van der Waals surface area contributed by atoms with Gasteiger partial charge in [0, 0.05) is 12.8 Å². The smallest absolute Gasteiger partial charge is 0.241 e. The normalized spacial score (nSPS) is 14.9. The van der Waals surface area contributed by atoms with Gasteiger partial charge < -0.3 is 5.32 Å². The highest BCUT2D eigenvalue weighted by atomic mass is 16.2. The highest BCUT2D eigenvalue weighted by Crippen LogP contribution is 2.28. The van der Waals surface area contributed by atoms with Crippen LogP contribution in [-0.2, 0) is 14.4 Å². The van der Waals surface area contributed by atoms with Crippen molar-refractivity contribution in [2.75, 3.05) is 0 Å². The lowest BCUT2D eigenvalue weighted by molar-refractivity contribution is -0.130. The first-order valence-corrected chi connectivity index (χ1v) is 6.97. The van der Waals surface area contributed by atoms with Crippen LogP contribution >= 0.6 is 0 Å². The second-order valence-corrected chi connectivity index (χ2v) is 5.18. The Morgan fingerprint density at radius 2 is 1.81 bits per heavy atom. The SMILES string of the molecule is CC(=O)NC(CC(=O)NNC(=O)C1CC1)c1ccccc1. The Morgan fingerprint density at radius 1 is 1.14 bits per heavy atom. The van der Waals surface area contributed by atoms with E-state index in [1.165, 1.54) is 6.92 Å². The van der Waals surface area contributed by atoms with Crippen molar-refractivity contribution in [2.24, 2.45) is 5.92 Å². The van der Waals surface area contributed by atoms with E-state index < -0.39 is 6.04 Å². The van der Waals surface area contributed by atoms with Crippen LogP contribution in [-0.4, -0.2) is 17.7 Å². The number of carbonyl (C=O) groups is 3. The maximum atomic E-state index is 11.9. The Hall–Kier alpha value is -2.37. The van der Waals surface area contributed by atoms with Crippen LogP contribution < -0.4 is 16.2 Å². The Balaban J connectivity index is 1.89. The Kier molecular flexibility index (Phi) is 4.92. The van der Waals surface area contributed by atoms with Crippen LogP contribution in [0.4, 0.5) is 0 Å². The fourth-order valence-corrected chi connectivity index (χ4v) is 2.00. The summed E-state index contributed by atoms with van der Waals surface area (Å²) < 4.78 is 0. The third kappa shape index (κ3) is 4.91. The molecule has 6 heteroatoms. The monoisotopic (exact) mass is 289 g/mol. The fraction of sp³-hybridized carbons (Fsp3) is 0.400. The topological polar surface area (TPSA) is 87.3 Å². The number of hydrogen-bond donors (Lipinski definition) is 3. The molecule has 1 aromatic carbocycles. The van der Waals surface area contributed by atoms with Gasteiger partial charge in [0.2, 0.25) is 17.7 Å². The van der Waals surface area contributed by atoms with Crippen LogP contribution in [0.25, 0.3) is 0 Å². The van der Waals surface area contributed by atoms with Gasteiger partial charge in [-0.15, -0.1) is 0 Å². The minimum atomic E-state index is -0.415. The number of benzene rings is 1. The van der Waals surface area contributed by atoms with E-state index >= 15 is 0 Å². The second kappa shape index (κ2) is 6.88. The summed E-state index contributed by atoms with van der Waals surface area (Å²) in [6.45, 7) is 1.41. The molecule has 112 valence electrons. The van der Waals surface area contributed by atoms with Gasteiger partial charge in [-0.25, -0.2) is 0 Å². The molecule has 1 aliphatic rings. The van der Waals surface area contributed by atoms with Crippen molar-refractivity contribution in [1.82, 2.24) is 16.2 Å². The van der Waals surface area contributed by atoms with Crippen molar-refractivity contribution in [2.45, 2.75) is 32.2 Å². The highest BCUT2D eigenvalue weighted by molar-refractivity contribution is 5.85. The summed E-state index contributed by atoms with van der Waals surface area (Å²) >= 11 is 0. The molecular weight excluding hydrogens is 270 g/mol. The lowest BCUT2D eigenvalue weighted by Crippen LogP contribution is -2.44. The minimum absolute atomic E-state index is 0.0329. The zero-order chi connectivity index (χ0) is 15.2. The Bertz CT molecular complexity index is 526. The number of rotatable bonds is 5. The summed E-state index contributed by atoms with van der Waals surface area (Å²) in [5.74, 6) is -0.671. The number of hydrogen-bond acceptors (Lipinski definition) is 3. The molecule has 1 aromatic rings. The maximum Gasteiger partial charge on any atom is 0.241 e. The molecule has 0 heterocycles. The molecule has 1 atom stereocenters. The Labute approximate surface area is 123 Å². The van der Waals surface area contributed by atoms with Crippen molar-refractivity contribution in [3.8, 4) is 0 Å². The van der Waals surface area contributed by atoms with Gasteiger partial charge in [-0.1, -0.05) is 30.3 Å². The van der Waals surface area contributed by atoms with E-state index in [2.05, 4.69) is 16.2 Å². The summed E-state index contributed by atoms with van der Waals surface area (Å²) in [7, 11) is 0. The summed E-state index contributed by atoms with van der Waals surface area (Å²) in [6.07, 6.45) is 1.81. The first kappa shape index (κ1) is 15.0. The zero-order valence-corrected chi connectivity index (χ0v) is 11.9. The number of hydrazine groups is 1. The summed E-state index contributed by atoms with van der Waals surface area (Å²) in [5, 5.41) is 2.74. The molecule has 0 saturated heterocycles. The fourth-order valence-electron chi connectivity index (χ4n) is 2.00. The van der Waals surface area contributed by atoms with E-state index in [1.807, 2.05) is 30.3 Å². The molecular formula is C15H19N3O3. The third-order valence-electron chi connectivity index (χ3n) is 3.24. The van der Waals surface area contributed by atoms with E-state index in [0.717, 1.165) is 18.4 Å². The molecule has 21 heavy (non-hydrogen) atoms. The van der Waals surface area contributed by atoms with Crippen LogP contribution in [0.3, 0.4) is 0 Å². The lowest BCUT2D eigenvalue weighted by atomic mass is 10.0. The van der Waals surface area contributed by atoms with Gasteiger partial charge >= 0.3 is 0 Å². The van der Waals surface area contributed by atoms with Gasteiger partial charge in [-0.05, 0) is 18.4 Å². The molecule has 0 aliphatic heterocycles. The van der Waals surface area contributed by atoms with Gasteiger partial charge in [0.1, 0.15) is 0 Å². The van der Waals surface area contributed by atoms with E-state index in [4.69, 9.17) is 0 Å². The molecule has 0 aromatic heterocycles. The molecule has 1 aliphatic carbocycles. The molecule has 1 saturated carbocycles. The van der Waals surface area contributed by atoms with E-state index in [0.29, 0.717) is 0 Å². The van der Waals surface area contributed by atoms with Crippen molar-refractivity contribution in [3.05, 3.63) is 35.9 Å². The average Bonchev–Trinajstić information content (AvgIpc) is 3.29. The molecule has 2 rings (SSSR count). The second-order valence-electron chi connectivity index (χ2n) is 5.18. The quantitative estimate of drug-likeness (QED) is 0.701. The zero-order valence-electron chi connectivity index (χ0n) is 11.9. The predicted molar refractivity (Wildman–Crippen MR) is 76.6 cm³/mol. The van der Waals surface area contributed by atoms with Crippen LogP contribution in [0.5, 0.6) is 0 Å². The van der Waals surface area contributed by atoms with Gasteiger partial charge in [-0.2, -0.15) is 0 Å². The average molecular weight is 289 g/mol. The van der Waals surface area contributed by atoms with Crippen LogP contribution in [0.2, 0.25) is 0 Å². The van der Waals surface area contributed by atoms with E-state index in [9.17, 15) is 14.4 Å². The first-order valence-electron chi connectivity index (χ1n) is 6.97. The van der Waals surface area contributed by atoms with Crippen LogP contribution in [0, 0.1) is 5.92 Å². The summed E-state index contributed by atoms with van der Waals surface area (Å²) in [5.41, 5.74) is 5.63. The molecule has 0 radical (unpaired) electrons. The number of nitrogens with one attached hydrogen (secondary N) is 3. The lowest BCUT2D eigenvalue weighted by Gasteiger charge is -2.18. The molecule has 0 spiro atoms. The Morgan fingerprint density at radius 3 is 2.38 bits per heavy atom. The molecule has 3 N–H and O–H groups in total. The van der Waals surface area contributed by atoms with Crippen molar-refractivity contribution >= 4 is 17.7 Å². The summed E-state index contributed by atoms with van der Waals surface area (Å²) in [4.78, 5) is 34.6. The minimum Gasteiger partial charge on any atom is -0.349 e. The van der Waals surface area contributed by atoms with E-state index in [-0.39, 0.29) is 30.1 Å². The predicted octanol–water partition coefficient (Wildman–Crippen LogP) is 0.811. The molecule has 3 amide bonds. The van der Waals surface area contributed by atoms with Gasteiger partial charge in [-0.3, -0.25) is 25.2 Å². The number of carbonyl (C=O) groups excluding carboxylic acids is 3. The molecule has 0 bridgehead atoms. The molecule has 1 unspecified atom stereocenters.